The van der Waals surface area contributed by atoms with Crippen molar-refractivity contribution < 1.29 is 19.1 Å². The number of ketones is 2. The van der Waals surface area contributed by atoms with Crippen LogP contribution in [0.2, 0.25) is 0 Å². The van der Waals surface area contributed by atoms with Crippen LogP contribution in [0.25, 0.3) is 0 Å². The molecule has 0 aliphatic heterocycles. The maximum atomic E-state index is 13.0. The highest BCUT2D eigenvalue weighted by atomic mass is 79.9. The van der Waals surface area contributed by atoms with Gasteiger partial charge in [-0.25, -0.2) is 0 Å². The average Bonchev–Trinajstić information content (AvgIpc) is 2.93. The summed E-state index contributed by atoms with van der Waals surface area (Å²) in [5, 5.41) is 0. The quantitative estimate of drug-likeness (QED) is 0.536. The predicted octanol–water partition coefficient (Wildman–Crippen LogP) is 4.66. The third kappa shape index (κ3) is 2.67. The van der Waals surface area contributed by atoms with Gasteiger partial charge in [-0.3, -0.25) is 9.59 Å². The van der Waals surface area contributed by atoms with E-state index in [0.29, 0.717) is 27.6 Å². The van der Waals surface area contributed by atoms with Crippen LogP contribution in [0.15, 0.2) is 10.5 Å². The van der Waals surface area contributed by atoms with E-state index in [2.05, 4.69) is 35.8 Å². The van der Waals surface area contributed by atoms with Crippen molar-refractivity contribution in [1.82, 2.24) is 0 Å². The summed E-state index contributed by atoms with van der Waals surface area (Å²) in [4.78, 5) is 26.0. The van der Waals surface area contributed by atoms with Gasteiger partial charge in [-0.2, -0.15) is 0 Å². The molecule has 0 amide bonds. The molecule has 1 fully saturated rings. The summed E-state index contributed by atoms with van der Waals surface area (Å²) in [6.45, 7) is 8.39. The van der Waals surface area contributed by atoms with Gasteiger partial charge in [0.1, 0.15) is 5.75 Å². The standard InChI is InChI=1S/C20H25BrO4/c1-10(2)12-6-7-20(4)15(12)13-8-11(3)16(21)18(25-9-24-5)14(13)17(22)19(20)23/h8,10,12,15H,6-7,9H2,1-5H3/t12-,15-,20-/m1/s1. The van der Waals surface area contributed by atoms with E-state index in [-0.39, 0.29) is 18.5 Å². The topological polar surface area (TPSA) is 52.6 Å². The van der Waals surface area contributed by atoms with Gasteiger partial charge in [0.25, 0.3) is 0 Å². The number of aryl methyl sites for hydroxylation is 1. The number of Topliss-reactive ketones (excluding diaryl/α,β-unsaturated/α-hetero) is 2. The third-order valence-electron chi connectivity index (χ3n) is 6.01. The summed E-state index contributed by atoms with van der Waals surface area (Å²) in [6, 6.07) is 2.06. The van der Waals surface area contributed by atoms with E-state index in [4.69, 9.17) is 9.47 Å². The highest BCUT2D eigenvalue weighted by Crippen LogP contribution is 2.60. The van der Waals surface area contributed by atoms with Crippen molar-refractivity contribution in [3.05, 3.63) is 27.2 Å². The molecule has 0 bridgehead atoms. The lowest BCUT2D eigenvalue weighted by molar-refractivity contribution is -0.124. The number of fused-ring (bicyclic) bond motifs is 3. The lowest BCUT2D eigenvalue weighted by Gasteiger charge is -2.39. The summed E-state index contributed by atoms with van der Waals surface area (Å²) in [5.41, 5.74) is 1.80. The zero-order chi connectivity index (χ0) is 18.5. The van der Waals surface area contributed by atoms with E-state index in [1.807, 2.05) is 13.8 Å². The molecule has 1 aromatic rings. The molecule has 25 heavy (non-hydrogen) atoms. The van der Waals surface area contributed by atoms with E-state index in [1.54, 1.807) is 0 Å². The molecular weight excluding hydrogens is 384 g/mol. The second-order valence-corrected chi connectivity index (χ2v) is 8.64. The Morgan fingerprint density at radius 1 is 1.36 bits per heavy atom. The number of carbonyl (C=O) groups is 2. The lowest BCUT2D eigenvalue weighted by atomic mass is 9.62. The first kappa shape index (κ1) is 18.6. The highest BCUT2D eigenvalue weighted by Gasteiger charge is 2.57. The number of hydrogen-bond acceptors (Lipinski definition) is 4. The second kappa shape index (κ2) is 6.51. The van der Waals surface area contributed by atoms with Crippen molar-refractivity contribution >= 4 is 27.5 Å². The van der Waals surface area contributed by atoms with Gasteiger partial charge in [0, 0.05) is 18.4 Å². The molecule has 0 saturated heterocycles. The normalized spacial score (nSPS) is 28.3. The first-order valence-corrected chi connectivity index (χ1v) is 9.57. The van der Waals surface area contributed by atoms with E-state index in [0.717, 1.165) is 24.0 Å². The van der Waals surface area contributed by atoms with Gasteiger partial charge in [0.2, 0.25) is 11.6 Å². The molecule has 4 nitrogen and oxygen atoms in total. The smallest absolute Gasteiger partial charge is 0.233 e. The van der Waals surface area contributed by atoms with Crippen LogP contribution in [0.5, 0.6) is 5.75 Å². The molecule has 3 atom stereocenters. The number of benzene rings is 1. The molecule has 3 rings (SSSR count). The Kier molecular flexibility index (Phi) is 4.84. The molecule has 2 aliphatic rings. The van der Waals surface area contributed by atoms with Crippen molar-refractivity contribution in [2.75, 3.05) is 13.9 Å². The van der Waals surface area contributed by atoms with Crippen LogP contribution >= 0.6 is 15.9 Å². The molecule has 0 radical (unpaired) electrons. The van der Waals surface area contributed by atoms with Gasteiger partial charge in [-0.05, 0) is 58.7 Å². The van der Waals surface area contributed by atoms with Crippen molar-refractivity contribution in [3.8, 4) is 5.75 Å². The summed E-state index contributed by atoms with van der Waals surface area (Å²) in [7, 11) is 1.53. The largest absolute Gasteiger partial charge is 0.466 e. The van der Waals surface area contributed by atoms with E-state index in [1.165, 1.54) is 7.11 Å². The monoisotopic (exact) mass is 408 g/mol. The summed E-state index contributed by atoms with van der Waals surface area (Å²) >= 11 is 3.52. The molecule has 0 unspecified atom stereocenters. The first-order chi connectivity index (χ1) is 11.7. The van der Waals surface area contributed by atoms with Gasteiger partial charge in [-0.1, -0.05) is 26.8 Å². The fourth-order valence-electron chi connectivity index (χ4n) is 4.70. The Bertz CT molecular complexity index is 740. The zero-order valence-corrected chi connectivity index (χ0v) is 17.0. The molecule has 0 heterocycles. The van der Waals surface area contributed by atoms with Crippen LogP contribution in [-0.4, -0.2) is 25.5 Å². The van der Waals surface area contributed by atoms with Gasteiger partial charge >= 0.3 is 0 Å². The maximum Gasteiger partial charge on any atom is 0.233 e. The van der Waals surface area contributed by atoms with E-state index >= 15 is 0 Å². The Balaban J connectivity index is 2.27. The SMILES string of the molecule is COCOc1c(Br)c(C)cc2c1C(=O)C(=O)[C@]1(C)CC[C@H](C(C)C)[C@H]21. The molecule has 2 aliphatic carbocycles. The third-order valence-corrected chi connectivity index (χ3v) is 6.99. The zero-order valence-electron chi connectivity index (χ0n) is 15.4. The fourth-order valence-corrected chi connectivity index (χ4v) is 5.13. The summed E-state index contributed by atoms with van der Waals surface area (Å²) in [6.07, 6.45) is 1.74. The Labute approximate surface area is 157 Å². The van der Waals surface area contributed by atoms with Gasteiger partial charge < -0.3 is 9.47 Å². The second-order valence-electron chi connectivity index (χ2n) is 7.85. The number of rotatable bonds is 4. The number of methoxy groups -OCH3 is 1. The van der Waals surface area contributed by atoms with Crippen molar-refractivity contribution in [2.45, 2.75) is 46.5 Å². The number of carbonyl (C=O) groups excluding carboxylic acids is 2. The number of halogens is 1. The van der Waals surface area contributed by atoms with E-state index < -0.39 is 11.2 Å². The van der Waals surface area contributed by atoms with Crippen LogP contribution in [0.3, 0.4) is 0 Å². The maximum absolute atomic E-state index is 13.0. The van der Waals surface area contributed by atoms with Gasteiger partial charge in [0.05, 0.1) is 10.0 Å². The number of ether oxygens (including phenoxy) is 2. The van der Waals surface area contributed by atoms with Crippen molar-refractivity contribution in [2.24, 2.45) is 17.3 Å². The van der Waals surface area contributed by atoms with Crippen LogP contribution < -0.4 is 4.74 Å². The van der Waals surface area contributed by atoms with Crippen molar-refractivity contribution in [1.29, 1.82) is 0 Å². The Morgan fingerprint density at radius 2 is 2.04 bits per heavy atom. The molecule has 136 valence electrons. The lowest BCUT2D eigenvalue weighted by Crippen LogP contribution is -2.43. The van der Waals surface area contributed by atoms with Crippen LogP contribution in [0, 0.1) is 24.2 Å². The average molecular weight is 409 g/mol. The highest BCUT2D eigenvalue weighted by molar-refractivity contribution is 9.10. The van der Waals surface area contributed by atoms with Crippen LogP contribution in [0.1, 0.15) is 61.0 Å². The minimum absolute atomic E-state index is 0.0332. The molecule has 0 spiro atoms. The van der Waals surface area contributed by atoms with Crippen LogP contribution in [0.4, 0.5) is 0 Å². The van der Waals surface area contributed by atoms with Gasteiger partial charge in [-0.15, -0.1) is 0 Å². The van der Waals surface area contributed by atoms with Gasteiger partial charge in [0.15, 0.2) is 6.79 Å². The molecule has 1 saturated carbocycles. The molecule has 0 N–H and O–H groups in total. The summed E-state index contributed by atoms with van der Waals surface area (Å²) in [5.74, 6) is 0.636. The Morgan fingerprint density at radius 3 is 2.64 bits per heavy atom. The van der Waals surface area contributed by atoms with Crippen molar-refractivity contribution in [3.63, 3.8) is 0 Å². The Hall–Kier alpha value is -1.20. The fraction of sp³-hybridized carbons (Fsp3) is 0.600. The molecular formula is C20H25BrO4. The minimum atomic E-state index is -0.599. The van der Waals surface area contributed by atoms with E-state index in [9.17, 15) is 9.59 Å². The summed E-state index contributed by atoms with van der Waals surface area (Å²) < 4.78 is 11.5. The molecule has 0 aromatic heterocycles. The predicted molar refractivity (Wildman–Crippen MR) is 99.1 cm³/mol. The molecule has 1 aromatic carbocycles. The molecule has 5 heteroatoms. The van der Waals surface area contributed by atoms with Crippen LogP contribution in [-0.2, 0) is 9.53 Å². The minimum Gasteiger partial charge on any atom is -0.466 e. The first-order valence-electron chi connectivity index (χ1n) is 8.77. The number of hydrogen-bond donors (Lipinski definition) is 0.